The molecule has 1 aliphatic rings. The van der Waals surface area contributed by atoms with E-state index in [1.54, 1.807) is 6.20 Å². The molecule has 5 heteroatoms. The monoisotopic (exact) mass is 227 g/mol. The Kier molecular flexibility index (Phi) is 2.75. The second kappa shape index (κ2) is 3.90. The van der Waals surface area contributed by atoms with E-state index in [0.717, 1.165) is 24.3 Å². The third-order valence-corrected chi connectivity index (χ3v) is 4.01. The molecule has 82 valence electrons. The number of carboxylic acid groups (broad SMARTS) is 1. The molecule has 1 aliphatic heterocycles. The van der Waals surface area contributed by atoms with Crippen LogP contribution in [0.3, 0.4) is 0 Å². The molecule has 1 aromatic rings. The highest BCUT2D eigenvalue weighted by atomic mass is 32.1. The summed E-state index contributed by atoms with van der Waals surface area (Å²) in [5.74, 6) is -0.952. The molecule has 0 amide bonds. The van der Waals surface area contributed by atoms with Gasteiger partial charge in [0.25, 0.3) is 0 Å². The molecule has 1 aromatic heterocycles. The highest BCUT2D eigenvalue weighted by Crippen LogP contribution is 2.35. The molecule has 1 saturated heterocycles. The molecule has 15 heavy (non-hydrogen) atoms. The van der Waals surface area contributed by atoms with E-state index in [4.69, 9.17) is 9.84 Å². The Morgan fingerprint density at radius 2 is 2.53 bits per heavy atom. The summed E-state index contributed by atoms with van der Waals surface area (Å²) in [6.07, 6.45) is 3.73. The lowest BCUT2D eigenvalue weighted by atomic mass is 9.84. The van der Waals surface area contributed by atoms with E-state index in [1.807, 2.05) is 0 Å². The molecule has 0 saturated carbocycles. The SMILES string of the molecule is CC1(c2cnc(C(=O)O)s2)CCCOC1. The Labute approximate surface area is 91.9 Å². The van der Waals surface area contributed by atoms with Crippen LogP contribution >= 0.6 is 11.3 Å². The summed E-state index contributed by atoms with van der Waals surface area (Å²) in [5.41, 5.74) is -0.0520. The van der Waals surface area contributed by atoms with Crippen LogP contribution in [-0.2, 0) is 10.2 Å². The van der Waals surface area contributed by atoms with Crippen LogP contribution in [0.15, 0.2) is 6.20 Å². The molecule has 0 bridgehead atoms. The number of ether oxygens (including phenoxy) is 1. The molecule has 0 aromatic carbocycles. The zero-order valence-corrected chi connectivity index (χ0v) is 9.34. The van der Waals surface area contributed by atoms with Crippen molar-refractivity contribution in [1.82, 2.24) is 4.98 Å². The van der Waals surface area contributed by atoms with Crippen molar-refractivity contribution in [2.75, 3.05) is 13.2 Å². The van der Waals surface area contributed by atoms with Crippen LogP contribution in [0, 0.1) is 0 Å². The summed E-state index contributed by atoms with van der Waals surface area (Å²) in [5, 5.41) is 8.96. The summed E-state index contributed by atoms with van der Waals surface area (Å²) >= 11 is 1.26. The highest BCUT2D eigenvalue weighted by molar-refractivity contribution is 7.13. The van der Waals surface area contributed by atoms with Crippen molar-refractivity contribution in [2.24, 2.45) is 0 Å². The topological polar surface area (TPSA) is 59.4 Å². The van der Waals surface area contributed by atoms with Gasteiger partial charge in [-0.1, -0.05) is 6.92 Å². The van der Waals surface area contributed by atoms with Crippen LogP contribution in [0.4, 0.5) is 0 Å². The van der Waals surface area contributed by atoms with Crippen LogP contribution in [-0.4, -0.2) is 29.3 Å². The quantitative estimate of drug-likeness (QED) is 0.838. The second-order valence-corrected chi connectivity index (χ2v) is 5.08. The Balaban J connectivity index is 2.23. The molecular weight excluding hydrogens is 214 g/mol. The first-order valence-electron chi connectivity index (χ1n) is 4.89. The highest BCUT2D eigenvalue weighted by Gasteiger charge is 2.32. The van der Waals surface area contributed by atoms with Gasteiger partial charge in [0, 0.05) is 23.1 Å². The van der Waals surface area contributed by atoms with Gasteiger partial charge in [-0.3, -0.25) is 0 Å². The van der Waals surface area contributed by atoms with E-state index in [2.05, 4.69) is 11.9 Å². The molecule has 4 nitrogen and oxygen atoms in total. The summed E-state index contributed by atoms with van der Waals surface area (Å²) in [7, 11) is 0. The molecule has 1 fully saturated rings. The van der Waals surface area contributed by atoms with E-state index in [1.165, 1.54) is 11.3 Å². The van der Waals surface area contributed by atoms with E-state index in [0.29, 0.717) is 6.61 Å². The first-order chi connectivity index (χ1) is 7.12. The van der Waals surface area contributed by atoms with Crippen molar-refractivity contribution in [2.45, 2.75) is 25.2 Å². The molecule has 1 N–H and O–H groups in total. The molecular formula is C10H13NO3S. The maximum atomic E-state index is 10.7. The van der Waals surface area contributed by atoms with E-state index in [9.17, 15) is 4.79 Å². The van der Waals surface area contributed by atoms with Crippen molar-refractivity contribution < 1.29 is 14.6 Å². The largest absolute Gasteiger partial charge is 0.476 e. The second-order valence-electron chi connectivity index (χ2n) is 4.05. The van der Waals surface area contributed by atoms with Crippen LogP contribution in [0.2, 0.25) is 0 Å². The predicted molar refractivity (Wildman–Crippen MR) is 56.5 cm³/mol. The third kappa shape index (κ3) is 2.03. The predicted octanol–water partition coefficient (Wildman–Crippen LogP) is 1.91. The number of aromatic carboxylic acids is 1. The maximum Gasteiger partial charge on any atom is 0.365 e. The van der Waals surface area contributed by atoms with E-state index in [-0.39, 0.29) is 10.4 Å². The van der Waals surface area contributed by atoms with Gasteiger partial charge in [-0.2, -0.15) is 0 Å². The van der Waals surface area contributed by atoms with Crippen molar-refractivity contribution in [3.63, 3.8) is 0 Å². The van der Waals surface area contributed by atoms with Crippen molar-refractivity contribution in [3.8, 4) is 0 Å². The molecule has 2 rings (SSSR count). The Hall–Kier alpha value is -0.940. The third-order valence-electron chi connectivity index (χ3n) is 2.72. The number of hydrogen-bond acceptors (Lipinski definition) is 4. The van der Waals surface area contributed by atoms with Gasteiger partial charge in [-0.05, 0) is 12.8 Å². The zero-order chi connectivity index (χ0) is 10.9. The van der Waals surface area contributed by atoms with Gasteiger partial charge in [-0.25, -0.2) is 9.78 Å². The van der Waals surface area contributed by atoms with Gasteiger partial charge in [0.15, 0.2) is 0 Å². The number of nitrogens with zero attached hydrogens (tertiary/aromatic N) is 1. The lowest BCUT2D eigenvalue weighted by molar-refractivity contribution is 0.0432. The number of thiazole rings is 1. The fourth-order valence-corrected chi connectivity index (χ4v) is 2.69. The molecule has 0 radical (unpaired) electrons. The average molecular weight is 227 g/mol. The summed E-state index contributed by atoms with van der Waals surface area (Å²) in [6.45, 7) is 3.57. The van der Waals surface area contributed by atoms with Crippen LogP contribution in [0.25, 0.3) is 0 Å². The van der Waals surface area contributed by atoms with Gasteiger partial charge < -0.3 is 9.84 Å². The minimum absolute atomic E-state index is 0.0520. The normalized spacial score (nSPS) is 26.5. The summed E-state index contributed by atoms with van der Waals surface area (Å²) in [6, 6.07) is 0. The fraction of sp³-hybridized carbons (Fsp3) is 0.600. The van der Waals surface area contributed by atoms with Gasteiger partial charge >= 0.3 is 5.97 Å². The van der Waals surface area contributed by atoms with Crippen LogP contribution in [0.5, 0.6) is 0 Å². The lowest BCUT2D eigenvalue weighted by Crippen LogP contribution is -2.32. The number of carbonyl (C=O) groups is 1. The van der Waals surface area contributed by atoms with Gasteiger partial charge in [0.2, 0.25) is 5.01 Å². The van der Waals surface area contributed by atoms with E-state index < -0.39 is 5.97 Å². The Bertz CT molecular complexity index is 368. The lowest BCUT2D eigenvalue weighted by Gasteiger charge is -2.31. The first kappa shape index (κ1) is 10.6. The molecule has 0 aliphatic carbocycles. The van der Waals surface area contributed by atoms with Gasteiger partial charge in [-0.15, -0.1) is 11.3 Å². The minimum atomic E-state index is -0.952. The summed E-state index contributed by atoms with van der Waals surface area (Å²) < 4.78 is 5.44. The van der Waals surface area contributed by atoms with Gasteiger partial charge in [0.05, 0.1) is 6.61 Å². The Morgan fingerprint density at radius 1 is 1.73 bits per heavy atom. The average Bonchev–Trinajstić information content (AvgIpc) is 2.68. The zero-order valence-electron chi connectivity index (χ0n) is 8.52. The van der Waals surface area contributed by atoms with Crippen molar-refractivity contribution in [3.05, 3.63) is 16.1 Å². The minimum Gasteiger partial charge on any atom is -0.476 e. The number of hydrogen-bond donors (Lipinski definition) is 1. The van der Waals surface area contributed by atoms with Gasteiger partial charge in [0.1, 0.15) is 0 Å². The molecule has 0 spiro atoms. The molecule has 2 heterocycles. The smallest absolute Gasteiger partial charge is 0.365 e. The Morgan fingerprint density at radius 3 is 3.07 bits per heavy atom. The first-order valence-corrected chi connectivity index (χ1v) is 5.71. The maximum absolute atomic E-state index is 10.7. The molecule has 1 atom stereocenters. The van der Waals surface area contributed by atoms with Crippen LogP contribution in [0.1, 0.15) is 34.4 Å². The number of aromatic nitrogens is 1. The fourth-order valence-electron chi connectivity index (χ4n) is 1.78. The number of rotatable bonds is 2. The summed E-state index contributed by atoms with van der Waals surface area (Å²) in [4.78, 5) is 15.6. The standard InChI is InChI=1S/C10H13NO3S/c1-10(3-2-4-14-6-10)7-5-11-8(15-7)9(12)13/h5H,2-4,6H2,1H3,(H,12,13). The van der Waals surface area contributed by atoms with Crippen molar-refractivity contribution >= 4 is 17.3 Å². The number of carboxylic acids is 1. The van der Waals surface area contributed by atoms with Crippen LogP contribution < -0.4 is 0 Å². The molecule has 1 unspecified atom stereocenters. The van der Waals surface area contributed by atoms with E-state index >= 15 is 0 Å². The van der Waals surface area contributed by atoms with Crippen molar-refractivity contribution in [1.29, 1.82) is 0 Å².